The number of carbonyl (C=O) groups is 1. The van der Waals surface area contributed by atoms with Gasteiger partial charge in [0.1, 0.15) is 16.6 Å². The lowest BCUT2D eigenvalue weighted by molar-refractivity contribution is 0.0827. The summed E-state index contributed by atoms with van der Waals surface area (Å²) in [6.07, 6.45) is 2.83. The van der Waals surface area contributed by atoms with E-state index in [1.807, 2.05) is 19.1 Å². The number of aliphatic hydroxyl groups excluding tert-OH is 1. The second-order valence-corrected chi connectivity index (χ2v) is 11.4. The number of anilines is 3. The first kappa shape index (κ1) is 26.1. The van der Waals surface area contributed by atoms with Gasteiger partial charge in [-0.3, -0.25) is 9.69 Å². The molecule has 2 fully saturated rings. The average molecular weight is 556 g/mol. The number of thiazole rings is 1. The molecule has 0 aliphatic carbocycles. The maximum atomic E-state index is 12.6. The van der Waals surface area contributed by atoms with Crippen molar-refractivity contribution < 1.29 is 9.90 Å². The Kier molecular flexibility index (Phi) is 6.79. The van der Waals surface area contributed by atoms with Crippen molar-refractivity contribution in [2.75, 3.05) is 50.6 Å². The third kappa shape index (κ3) is 4.95. The first-order valence-electron chi connectivity index (χ1n) is 13.1. The van der Waals surface area contributed by atoms with Crippen LogP contribution in [0.5, 0.6) is 0 Å². The van der Waals surface area contributed by atoms with E-state index in [-0.39, 0.29) is 12.5 Å². The van der Waals surface area contributed by atoms with E-state index in [1.54, 1.807) is 38.5 Å². The Hall–Kier alpha value is -4.18. The summed E-state index contributed by atoms with van der Waals surface area (Å²) in [6.45, 7) is 4.62. The molecule has 11 nitrogen and oxygen atoms in total. The highest BCUT2D eigenvalue weighted by molar-refractivity contribution is 7.21. The molecular formula is C28H29N9O2S. The number of hydrogen-bond donors (Lipinski definition) is 2. The van der Waals surface area contributed by atoms with Crippen LogP contribution in [0.15, 0.2) is 36.5 Å². The highest BCUT2D eigenvalue weighted by Crippen LogP contribution is 2.35. The smallest absolute Gasteiger partial charge is 0.253 e. The number of rotatable bonds is 7. The van der Waals surface area contributed by atoms with E-state index < -0.39 is 0 Å². The number of aromatic nitrogens is 4. The lowest BCUT2D eigenvalue weighted by Crippen LogP contribution is -2.47. The van der Waals surface area contributed by atoms with Gasteiger partial charge in [0.05, 0.1) is 28.5 Å². The molecule has 2 N–H and O–H groups in total. The molecule has 2 bridgehead atoms. The molecule has 2 aliphatic heterocycles. The molecule has 12 heteroatoms. The average Bonchev–Trinajstić information content (AvgIpc) is 3.66. The van der Waals surface area contributed by atoms with E-state index in [0.717, 1.165) is 35.4 Å². The molecule has 40 heavy (non-hydrogen) atoms. The Morgan fingerprint density at radius 2 is 2.00 bits per heavy atom. The Morgan fingerprint density at radius 1 is 1.15 bits per heavy atom. The lowest BCUT2D eigenvalue weighted by Gasteiger charge is -2.34. The monoisotopic (exact) mass is 555 g/mol. The minimum Gasteiger partial charge on any atom is -0.395 e. The fourth-order valence-corrected chi connectivity index (χ4v) is 6.40. The summed E-state index contributed by atoms with van der Waals surface area (Å²) in [5, 5.41) is 22.9. The zero-order chi connectivity index (χ0) is 28.0. The molecule has 6 rings (SSSR count). The van der Waals surface area contributed by atoms with Gasteiger partial charge in [0.2, 0.25) is 5.95 Å². The quantitative estimate of drug-likeness (QED) is 0.350. The topological polar surface area (TPSA) is 134 Å². The van der Waals surface area contributed by atoms with Crippen LogP contribution in [0.1, 0.15) is 28.0 Å². The highest BCUT2D eigenvalue weighted by Gasteiger charge is 2.44. The Morgan fingerprint density at radius 3 is 2.73 bits per heavy atom. The standard InChI is InChI=1S/C28H29N9O2S/c1-16-6-25(34-28(31-16)37-15-20-10-21(37)14-36(20)4-5-38)33-24-11-22-23(13-30-24)40-26(32-22)18-7-17(12-29)8-19(9-18)27(39)35(2)3/h6-9,11,13,20-21,38H,4-5,10,14-15H2,1-3H3,(H,30,31,33,34)/t20-,21-/m0/s1. The van der Waals surface area contributed by atoms with Crippen molar-refractivity contribution in [2.24, 2.45) is 0 Å². The van der Waals surface area contributed by atoms with Crippen molar-refractivity contribution in [1.29, 1.82) is 5.26 Å². The third-order valence-electron chi connectivity index (χ3n) is 7.33. The van der Waals surface area contributed by atoms with Gasteiger partial charge in [0.25, 0.3) is 5.91 Å². The van der Waals surface area contributed by atoms with E-state index in [1.165, 1.54) is 16.2 Å². The molecule has 2 saturated heterocycles. The van der Waals surface area contributed by atoms with Crippen molar-refractivity contribution >= 4 is 45.0 Å². The van der Waals surface area contributed by atoms with E-state index >= 15 is 0 Å². The van der Waals surface area contributed by atoms with Gasteiger partial charge in [0, 0.05) is 81.0 Å². The lowest BCUT2D eigenvalue weighted by atomic mass is 10.1. The van der Waals surface area contributed by atoms with Gasteiger partial charge >= 0.3 is 0 Å². The molecule has 0 radical (unpaired) electrons. The third-order valence-corrected chi connectivity index (χ3v) is 8.39. The van der Waals surface area contributed by atoms with Crippen LogP contribution in [0.2, 0.25) is 0 Å². The summed E-state index contributed by atoms with van der Waals surface area (Å²) in [4.78, 5) is 37.5. The molecule has 3 aromatic heterocycles. The van der Waals surface area contributed by atoms with Crippen LogP contribution in [0.3, 0.4) is 0 Å². The fraction of sp³-hybridized carbons (Fsp3) is 0.357. The summed E-state index contributed by atoms with van der Waals surface area (Å²) in [5.41, 5.74) is 3.19. The normalized spacial score (nSPS) is 18.3. The maximum absolute atomic E-state index is 12.6. The molecule has 204 valence electrons. The zero-order valence-electron chi connectivity index (χ0n) is 22.5. The van der Waals surface area contributed by atoms with Gasteiger partial charge in [-0.05, 0) is 31.5 Å². The summed E-state index contributed by atoms with van der Waals surface area (Å²) in [6, 6.07) is 11.8. The number of fused-ring (bicyclic) bond motifs is 3. The second-order valence-electron chi connectivity index (χ2n) is 10.4. The molecule has 4 aromatic rings. The second kappa shape index (κ2) is 10.4. The van der Waals surface area contributed by atoms with Crippen molar-refractivity contribution in [3.63, 3.8) is 0 Å². The zero-order valence-corrected chi connectivity index (χ0v) is 23.3. The summed E-state index contributed by atoms with van der Waals surface area (Å²) in [5.74, 6) is 1.81. The predicted molar refractivity (Wildman–Crippen MR) is 154 cm³/mol. The van der Waals surface area contributed by atoms with E-state index in [0.29, 0.717) is 57.9 Å². The van der Waals surface area contributed by atoms with Crippen LogP contribution >= 0.6 is 11.3 Å². The van der Waals surface area contributed by atoms with Crippen LogP contribution in [0, 0.1) is 18.3 Å². The number of aliphatic hydroxyl groups is 1. The number of carbonyl (C=O) groups excluding carboxylic acids is 1. The van der Waals surface area contributed by atoms with Gasteiger partial charge in [-0.25, -0.2) is 15.0 Å². The fourth-order valence-electron chi connectivity index (χ4n) is 5.50. The van der Waals surface area contributed by atoms with Gasteiger partial charge in [-0.1, -0.05) is 0 Å². The van der Waals surface area contributed by atoms with Crippen LogP contribution in [0.25, 0.3) is 20.8 Å². The molecule has 0 unspecified atom stereocenters. The summed E-state index contributed by atoms with van der Waals surface area (Å²) >= 11 is 1.46. The van der Waals surface area contributed by atoms with Crippen molar-refractivity contribution in [2.45, 2.75) is 25.4 Å². The molecule has 0 saturated carbocycles. The Balaban J connectivity index is 1.25. The van der Waals surface area contributed by atoms with Gasteiger partial charge in [-0.2, -0.15) is 10.2 Å². The molecule has 5 heterocycles. The minimum atomic E-state index is -0.170. The predicted octanol–water partition coefficient (Wildman–Crippen LogP) is 3.03. The van der Waals surface area contributed by atoms with Crippen LogP contribution < -0.4 is 10.2 Å². The number of pyridine rings is 1. The first-order chi connectivity index (χ1) is 19.3. The number of β-amino-alcohol motifs (C(OH)–C–C–N with tert-alkyl or cyclic N) is 1. The van der Waals surface area contributed by atoms with E-state index in [9.17, 15) is 15.2 Å². The number of amides is 1. The summed E-state index contributed by atoms with van der Waals surface area (Å²) < 4.78 is 0.892. The summed E-state index contributed by atoms with van der Waals surface area (Å²) in [7, 11) is 3.37. The number of likely N-dealkylation sites (tertiary alicyclic amines) is 1. The highest BCUT2D eigenvalue weighted by atomic mass is 32.1. The van der Waals surface area contributed by atoms with Gasteiger partial charge in [-0.15, -0.1) is 11.3 Å². The largest absolute Gasteiger partial charge is 0.395 e. The maximum Gasteiger partial charge on any atom is 0.253 e. The molecule has 1 amide bonds. The van der Waals surface area contributed by atoms with Crippen LogP contribution in [0.4, 0.5) is 17.6 Å². The van der Waals surface area contributed by atoms with E-state index in [2.05, 4.69) is 26.2 Å². The number of nitrogens with zero attached hydrogens (tertiary/aromatic N) is 8. The number of aryl methyl sites for hydroxylation is 1. The molecule has 2 atom stereocenters. The number of nitrogens with one attached hydrogen (secondary N) is 1. The Bertz CT molecular complexity index is 1650. The number of nitriles is 1. The number of benzene rings is 1. The van der Waals surface area contributed by atoms with Crippen molar-refractivity contribution in [1.82, 2.24) is 29.7 Å². The van der Waals surface area contributed by atoms with Crippen molar-refractivity contribution in [3.05, 3.63) is 53.3 Å². The molecule has 0 spiro atoms. The number of hydrogen-bond acceptors (Lipinski definition) is 11. The van der Waals surface area contributed by atoms with Crippen molar-refractivity contribution in [3.8, 4) is 16.6 Å². The van der Waals surface area contributed by atoms with Gasteiger partial charge in [0.15, 0.2) is 0 Å². The first-order valence-corrected chi connectivity index (χ1v) is 13.9. The SMILES string of the molecule is Cc1cc(Nc2cc3nc(-c4cc(C#N)cc(C(=O)N(C)C)c4)sc3cn2)nc(N2C[C@@H]3C[C@H]2CN3CCO)n1. The van der Waals surface area contributed by atoms with Crippen LogP contribution in [-0.2, 0) is 0 Å². The minimum absolute atomic E-state index is 0.170. The Labute approximate surface area is 235 Å². The van der Waals surface area contributed by atoms with Gasteiger partial charge < -0.3 is 20.2 Å². The van der Waals surface area contributed by atoms with Crippen LogP contribution in [-0.4, -0.2) is 93.2 Å². The van der Waals surface area contributed by atoms with E-state index in [4.69, 9.17) is 15.0 Å². The molecular weight excluding hydrogens is 526 g/mol. The number of piperazine rings is 1. The molecule has 2 aliphatic rings. The molecule has 1 aromatic carbocycles.